The fourth-order valence-electron chi connectivity index (χ4n) is 2.68. The van der Waals surface area contributed by atoms with Crippen LogP contribution in [0.1, 0.15) is 11.3 Å². The summed E-state index contributed by atoms with van der Waals surface area (Å²) in [6.45, 7) is 0.795. The number of hydrogen-bond donors (Lipinski definition) is 1. The lowest BCUT2D eigenvalue weighted by atomic mass is 10.1. The van der Waals surface area contributed by atoms with Crippen LogP contribution in [0, 0.1) is 0 Å². The van der Waals surface area contributed by atoms with Crippen molar-refractivity contribution in [1.29, 1.82) is 0 Å². The van der Waals surface area contributed by atoms with Crippen molar-refractivity contribution in [2.45, 2.75) is 12.8 Å². The number of nitrogens with zero attached hydrogens (tertiary/aromatic N) is 2. The predicted octanol–water partition coefficient (Wildman–Crippen LogP) is 2.84. The van der Waals surface area contributed by atoms with Crippen molar-refractivity contribution in [3.8, 4) is 22.1 Å². The van der Waals surface area contributed by atoms with Gasteiger partial charge in [0.1, 0.15) is 5.01 Å². The second kappa shape index (κ2) is 7.53. The van der Waals surface area contributed by atoms with Gasteiger partial charge in [-0.25, -0.2) is 4.98 Å². The molecule has 7 heteroatoms. The molecule has 1 aliphatic heterocycles. The number of carbonyl (C=O) groups excluding carboxylic acids is 1. The van der Waals surface area contributed by atoms with Gasteiger partial charge in [0.25, 0.3) is 0 Å². The predicted molar refractivity (Wildman–Crippen MR) is 98.3 cm³/mol. The minimum absolute atomic E-state index is 0.0200. The molecule has 0 radical (unpaired) electrons. The Kier molecular flexibility index (Phi) is 4.79. The molecule has 1 aliphatic rings. The third-order valence-electron chi connectivity index (χ3n) is 3.98. The summed E-state index contributed by atoms with van der Waals surface area (Å²) in [6, 6.07) is 9.45. The van der Waals surface area contributed by atoms with E-state index in [2.05, 4.69) is 15.3 Å². The number of carbonyl (C=O) groups is 1. The van der Waals surface area contributed by atoms with Crippen LogP contribution in [0.2, 0.25) is 0 Å². The number of rotatable bonds is 6. The molecule has 3 aromatic rings. The van der Waals surface area contributed by atoms with Gasteiger partial charge < -0.3 is 14.8 Å². The van der Waals surface area contributed by atoms with Crippen LogP contribution < -0.4 is 14.8 Å². The van der Waals surface area contributed by atoms with E-state index >= 15 is 0 Å². The average Bonchev–Trinajstić information content (AvgIpc) is 3.31. The third kappa shape index (κ3) is 3.83. The zero-order valence-electron chi connectivity index (χ0n) is 14.0. The molecule has 0 aliphatic carbocycles. The number of ether oxygens (including phenoxy) is 2. The van der Waals surface area contributed by atoms with Gasteiger partial charge in [0, 0.05) is 36.3 Å². The first-order chi connectivity index (χ1) is 12.8. The van der Waals surface area contributed by atoms with Crippen molar-refractivity contribution >= 4 is 17.2 Å². The molecular weight excluding hydrogens is 350 g/mol. The molecule has 1 aromatic carbocycles. The number of pyridine rings is 1. The lowest BCUT2D eigenvalue weighted by molar-refractivity contribution is -0.120. The van der Waals surface area contributed by atoms with Gasteiger partial charge in [-0.15, -0.1) is 11.3 Å². The molecule has 0 fully saturated rings. The van der Waals surface area contributed by atoms with Crippen molar-refractivity contribution in [3.05, 3.63) is 59.4 Å². The maximum atomic E-state index is 12.1. The Morgan fingerprint density at radius 3 is 2.88 bits per heavy atom. The van der Waals surface area contributed by atoms with Gasteiger partial charge in [-0.1, -0.05) is 6.07 Å². The summed E-state index contributed by atoms with van der Waals surface area (Å²) < 4.78 is 10.6. The van der Waals surface area contributed by atoms with E-state index in [0.29, 0.717) is 25.1 Å². The van der Waals surface area contributed by atoms with Crippen molar-refractivity contribution in [2.75, 3.05) is 13.3 Å². The summed E-state index contributed by atoms with van der Waals surface area (Å²) in [4.78, 5) is 20.7. The number of nitrogens with one attached hydrogen (secondary N) is 1. The molecule has 132 valence electrons. The van der Waals surface area contributed by atoms with Crippen LogP contribution in [0.15, 0.2) is 48.1 Å². The minimum atomic E-state index is -0.0200. The van der Waals surface area contributed by atoms with Crippen molar-refractivity contribution in [2.24, 2.45) is 0 Å². The number of thiazole rings is 1. The van der Waals surface area contributed by atoms with Crippen molar-refractivity contribution < 1.29 is 14.3 Å². The summed E-state index contributed by atoms with van der Waals surface area (Å²) >= 11 is 1.60. The van der Waals surface area contributed by atoms with Gasteiger partial charge in [-0.3, -0.25) is 9.78 Å². The largest absolute Gasteiger partial charge is 0.454 e. The smallest absolute Gasteiger partial charge is 0.231 e. The highest BCUT2D eigenvalue weighted by Crippen LogP contribution is 2.32. The molecule has 3 heterocycles. The first-order valence-electron chi connectivity index (χ1n) is 8.28. The maximum absolute atomic E-state index is 12.1. The van der Waals surface area contributed by atoms with Crippen LogP contribution in [0.5, 0.6) is 11.5 Å². The van der Waals surface area contributed by atoms with E-state index < -0.39 is 0 Å². The third-order valence-corrected chi connectivity index (χ3v) is 4.92. The summed E-state index contributed by atoms with van der Waals surface area (Å²) in [5, 5.41) is 5.93. The summed E-state index contributed by atoms with van der Waals surface area (Å²) in [5.74, 6) is 1.40. The minimum Gasteiger partial charge on any atom is -0.454 e. The quantitative estimate of drug-likeness (QED) is 0.725. The molecule has 0 bridgehead atoms. The Morgan fingerprint density at radius 2 is 2.00 bits per heavy atom. The molecule has 26 heavy (non-hydrogen) atoms. The highest BCUT2D eigenvalue weighted by Gasteiger charge is 2.14. The SMILES string of the molecule is O=C(Cc1ccc2c(c1)OCO2)NCCc1csc(-c2ccncc2)n1. The Morgan fingerprint density at radius 1 is 1.15 bits per heavy atom. The van der Waals surface area contributed by atoms with Crippen LogP contribution >= 0.6 is 11.3 Å². The van der Waals surface area contributed by atoms with Crippen molar-refractivity contribution in [1.82, 2.24) is 15.3 Å². The van der Waals surface area contributed by atoms with Gasteiger partial charge in [-0.05, 0) is 29.8 Å². The summed E-state index contributed by atoms with van der Waals surface area (Å²) in [6.07, 6.45) is 4.53. The lowest BCUT2D eigenvalue weighted by Crippen LogP contribution is -2.27. The number of aromatic nitrogens is 2. The fraction of sp³-hybridized carbons (Fsp3) is 0.211. The molecule has 2 aromatic heterocycles. The standard InChI is InChI=1S/C19H17N3O3S/c23-18(10-13-1-2-16-17(9-13)25-12-24-16)21-8-5-15-11-26-19(22-15)14-3-6-20-7-4-14/h1-4,6-7,9,11H,5,8,10,12H2,(H,21,23). The maximum Gasteiger partial charge on any atom is 0.231 e. The first-order valence-corrected chi connectivity index (χ1v) is 9.16. The molecule has 4 rings (SSSR count). The van der Waals surface area contributed by atoms with Gasteiger partial charge in [-0.2, -0.15) is 0 Å². The normalized spacial score (nSPS) is 12.2. The van der Waals surface area contributed by atoms with E-state index in [1.165, 1.54) is 0 Å². The second-order valence-electron chi connectivity index (χ2n) is 5.84. The van der Waals surface area contributed by atoms with E-state index in [9.17, 15) is 4.79 Å². The molecule has 0 saturated carbocycles. The highest BCUT2D eigenvalue weighted by atomic mass is 32.1. The number of hydrogen-bond acceptors (Lipinski definition) is 6. The molecule has 6 nitrogen and oxygen atoms in total. The van der Waals surface area contributed by atoms with E-state index in [1.54, 1.807) is 23.7 Å². The van der Waals surface area contributed by atoms with Crippen LogP contribution in [0.25, 0.3) is 10.6 Å². The Labute approximate surface area is 154 Å². The van der Waals surface area contributed by atoms with Gasteiger partial charge in [0.05, 0.1) is 12.1 Å². The number of amides is 1. The molecular formula is C19H17N3O3S. The molecule has 0 atom stereocenters. The van der Waals surface area contributed by atoms with E-state index in [-0.39, 0.29) is 12.7 Å². The second-order valence-corrected chi connectivity index (χ2v) is 6.70. The molecule has 1 amide bonds. The lowest BCUT2D eigenvalue weighted by Gasteiger charge is -2.05. The number of benzene rings is 1. The molecule has 1 N–H and O–H groups in total. The van der Waals surface area contributed by atoms with Gasteiger partial charge in [0.2, 0.25) is 12.7 Å². The van der Waals surface area contributed by atoms with Crippen LogP contribution in [0.4, 0.5) is 0 Å². The first kappa shape index (κ1) is 16.5. The van der Waals surface area contributed by atoms with Crippen LogP contribution in [-0.4, -0.2) is 29.2 Å². The summed E-state index contributed by atoms with van der Waals surface area (Å²) in [7, 11) is 0. The Bertz CT molecular complexity index is 911. The fourth-order valence-corrected chi connectivity index (χ4v) is 3.54. The average molecular weight is 367 g/mol. The van der Waals surface area contributed by atoms with Gasteiger partial charge >= 0.3 is 0 Å². The van der Waals surface area contributed by atoms with Crippen LogP contribution in [0.3, 0.4) is 0 Å². The van der Waals surface area contributed by atoms with E-state index in [1.807, 2.05) is 35.7 Å². The van der Waals surface area contributed by atoms with Gasteiger partial charge in [0.15, 0.2) is 11.5 Å². The Hall–Kier alpha value is -2.93. The van der Waals surface area contributed by atoms with E-state index in [4.69, 9.17) is 9.47 Å². The monoisotopic (exact) mass is 367 g/mol. The topological polar surface area (TPSA) is 73.3 Å². The number of fused-ring (bicyclic) bond motifs is 1. The summed E-state index contributed by atoms with van der Waals surface area (Å²) in [5.41, 5.74) is 2.94. The van der Waals surface area contributed by atoms with Crippen LogP contribution in [-0.2, 0) is 17.6 Å². The van der Waals surface area contributed by atoms with E-state index in [0.717, 1.165) is 27.6 Å². The molecule has 0 saturated heterocycles. The Balaban J connectivity index is 1.27. The zero-order valence-corrected chi connectivity index (χ0v) is 14.8. The highest BCUT2D eigenvalue weighted by molar-refractivity contribution is 7.13. The van der Waals surface area contributed by atoms with Crippen molar-refractivity contribution in [3.63, 3.8) is 0 Å². The zero-order chi connectivity index (χ0) is 17.8. The molecule has 0 unspecified atom stereocenters. The molecule has 0 spiro atoms.